The van der Waals surface area contributed by atoms with E-state index < -0.39 is 27.5 Å². The SMILES string of the molecule is CC1C=CC2=C(C1)Oc1c(cccc1[N+](c1ccc3c(c1)-c1ccccc1-c1ccccc1-c1ccccc1-3)(C(O)(O)O)C(O)(O)O)C(C)(C)C2(C)C. The van der Waals surface area contributed by atoms with Gasteiger partial charge in [-0.05, 0) is 62.1 Å². The molecular weight excluding hydrogens is 666 g/mol. The van der Waals surface area contributed by atoms with Gasteiger partial charge in [-0.25, -0.2) is 0 Å². The number of hydrogen-bond acceptors (Lipinski definition) is 7. The summed E-state index contributed by atoms with van der Waals surface area (Å²) in [5, 5.41) is 69.4. The number of quaternary nitrogens is 1. The van der Waals surface area contributed by atoms with Gasteiger partial charge >= 0.3 is 12.2 Å². The summed E-state index contributed by atoms with van der Waals surface area (Å²) < 4.78 is 4.72. The van der Waals surface area contributed by atoms with Crippen molar-refractivity contribution in [1.82, 2.24) is 4.48 Å². The molecule has 6 N–H and O–H groups in total. The van der Waals surface area contributed by atoms with Crippen LogP contribution < -0.4 is 9.22 Å². The highest BCUT2D eigenvalue weighted by molar-refractivity contribution is 6.03. The molecule has 0 saturated carbocycles. The molecule has 3 aliphatic rings. The van der Waals surface area contributed by atoms with Crippen molar-refractivity contribution in [3.8, 4) is 50.3 Å². The molecule has 0 aromatic heterocycles. The van der Waals surface area contributed by atoms with Gasteiger partial charge in [-0.15, -0.1) is 0 Å². The van der Waals surface area contributed by atoms with Crippen molar-refractivity contribution >= 4 is 11.4 Å². The second-order valence-corrected chi connectivity index (χ2v) is 15.6. The van der Waals surface area contributed by atoms with E-state index in [1.54, 1.807) is 18.2 Å². The first-order valence-electron chi connectivity index (χ1n) is 17.9. The van der Waals surface area contributed by atoms with E-state index in [-0.39, 0.29) is 23.0 Å². The Labute approximate surface area is 309 Å². The molecule has 0 spiro atoms. The summed E-state index contributed by atoms with van der Waals surface area (Å²) in [5.41, 5.74) is 6.71. The number of aliphatic hydroxyl groups is 6. The average Bonchev–Trinajstić information content (AvgIpc) is 3.16. The Kier molecular flexibility index (Phi) is 7.83. The highest BCUT2D eigenvalue weighted by Gasteiger charge is 2.68. The number of rotatable bonds is 4. The highest BCUT2D eigenvalue weighted by atomic mass is 16.8. The van der Waals surface area contributed by atoms with Crippen LogP contribution in [0.1, 0.15) is 46.6 Å². The lowest BCUT2D eigenvalue weighted by molar-refractivity contribution is -0.486. The molecule has 8 rings (SSSR count). The van der Waals surface area contributed by atoms with Crippen LogP contribution in [0.3, 0.4) is 0 Å². The first kappa shape index (κ1) is 35.1. The van der Waals surface area contributed by atoms with Crippen LogP contribution in [0.4, 0.5) is 11.4 Å². The van der Waals surface area contributed by atoms with E-state index in [1.165, 1.54) is 12.1 Å². The van der Waals surface area contributed by atoms with Gasteiger partial charge in [-0.2, -0.15) is 0 Å². The van der Waals surface area contributed by atoms with Gasteiger partial charge in [0.2, 0.25) is 0 Å². The molecule has 1 atom stereocenters. The molecular formula is C45H44NO7+. The van der Waals surface area contributed by atoms with E-state index in [2.05, 4.69) is 39.0 Å². The molecule has 8 heteroatoms. The molecule has 1 heterocycles. The average molecular weight is 711 g/mol. The number of ether oxygens (including phenoxy) is 1. The third-order valence-corrected chi connectivity index (χ3v) is 12.1. The number of allylic oxidation sites excluding steroid dienone is 4. The molecule has 1 unspecified atom stereocenters. The molecule has 0 amide bonds. The Balaban J connectivity index is 1.47. The van der Waals surface area contributed by atoms with Gasteiger partial charge in [-0.1, -0.05) is 136 Å². The number of para-hydroxylation sites is 1. The van der Waals surface area contributed by atoms with E-state index >= 15 is 0 Å². The van der Waals surface area contributed by atoms with Gasteiger partial charge in [0.1, 0.15) is 5.76 Å². The summed E-state index contributed by atoms with van der Waals surface area (Å²) in [4.78, 5) is 0. The summed E-state index contributed by atoms with van der Waals surface area (Å²) in [7, 11) is 0. The van der Waals surface area contributed by atoms with Crippen LogP contribution in [0.2, 0.25) is 0 Å². The molecule has 0 radical (unpaired) electrons. The molecule has 2 aliphatic carbocycles. The smallest absolute Gasteiger partial charge is 0.455 e. The van der Waals surface area contributed by atoms with Crippen molar-refractivity contribution in [1.29, 1.82) is 0 Å². The lowest BCUT2D eigenvalue weighted by atomic mass is 9.60. The lowest BCUT2D eigenvalue weighted by Gasteiger charge is -2.46. The van der Waals surface area contributed by atoms with Crippen molar-refractivity contribution < 1.29 is 35.4 Å². The van der Waals surface area contributed by atoms with E-state index in [0.717, 1.165) is 44.5 Å². The molecule has 8 nitrogen and oxygen atoms in total. The predicted molar refractivity (Wildman–Crippen MR) is 206 cm³/mol. The van der Waals surface area contributed by atoms with Crippen LogP contribution in [0, 0.1) is 11.3 Å². The zero-order chi connectivity index (χ0) is 37.7. The van der Waals surface area contributed by atoms with Crippen LogP contribution in [-0.4, -0.2) is 42.8 Å². The maximum atomic E-state index is 11.6. The second kappa shape index (κ2) is 11.8. The number of benzene rings is 5. The molecule has 5 aromatic carbocycles. The van der Waals surface area contributed by atoms with Crippen LogP contribution in [-0.2, 0) is 5.41 Å². The lowest BCUT2D eigenvalue weighted by Crippen LogP contribution is -2.74. The van der Waals surface area contributed by atoms with Gasteiger partial charge in [0.25, 0.3) is 0 Å². The Morgan fingerprint density at radius 3 is 1.55 bits per heavy atom. The molecule has 270 valence electrons. The highest BCUT2D eigenvalue weighted by Crippen LogP contribution is 2.60. The Bertz CT molecular complexity index is 2340. The minimum absolute atomic E-state index is 0.0625. The fraction of sp³-hybridized carbons (Fsp3) is 0.244. The second-order valence-electron chi connectivity index (χ2n) is 15.6. The topological polar surface area (TPSA) is 131 Å². The van der Waals surface area contributed by atoms with Crippen molar-refractivity contribution in [3.05, 3.63) is 138 Å². The van der Waals surface area contributed by atoms with Crippen molar-refractivity contribution in [3.63, 3.8) is 0 Å². The van der Waals surface area contributed by atoms with Crippen molar-refractivity contribution in [2.45, 2.75) is 58.6 Å². The summed E-state index contributed by atoms with van der Waals surface area (Å²) in [6.07, 6.45) is -3.31. The van der Waals surface area contributed by atoms with Gasteiger partial charge < -0.3 is 4.74 Å². The van der Waals surface area contributed by atoms with E-state index in [0.29, 0.717) is 23.3 Å². The maximum Gasteiger partial charge on any atom is 0.458 e. The zero-order valence-electron chi connectivity index (χ0n) is 30.4. The first-order valence-corrected chi connectivity index (χ1v) is 17.9. The Morgan fingerprint density at radius 1 is 0.585 bits per heavy atom. The van der Waals surface area contributed by atoms with Crippen LogP contribution in [0.5, 0.6) is 5.75 Å². The standard InChI is InChI=1S/C45H44NO7/c1-27-21-24-37-40(25-27)53-41-38(43(4,5)42(37,2)3)19-12-20-39(41)46(44(47,48)49,45(50,51)52)28-22-23-35-33-17-9-8-15-31(33)29-13-6-7-14-30(29)32-16-10-11-18-34(32)36(35)26-28/h6-24,26-27,47-52H,25H2,1-5H3/q+1. The Morgan fingerprint density at radius 2 is 1.06 bits per heavy atom. The third kappa shape index (κ3) is 4.95. The first-order chi connectivity index (χ1) is 25.0. The van der Waals surface area contributed by atoms with Gasteiger partial charge in [0.05, 0.1) is 0 Å². The summed E-state index contributed by atoms with van der Waals surface area (Å²) in [6.45, 7) is 10.4. The van der Waals surface area contributed by atoms with E-state index in [9.17, 15) is 30.6 Å². The molecule has 5 aromatic rings. The summed E-state index contributed by atoms with van der Waals surface area (Å²) in [5.74, 6) is 0.818. The third-order valence-electron chi connectivity index (χ3n) is 12.1. The molecule has 53 heavy (non-hydrogen) atoms. The number of fused-ring (bicyclic) bond motifs is 9. The zero-order valence-corrected chi connectivity index (χ0v) is 30.4. The summed E-state index contributed by atoms with van der Waals surface area (Å²) in [6, 6.07) is 33.5. The minimum atomic E-state index is -4.01. The molecule has 0 saturated heterocycles. The predicted octanol–water partition coefficient (Wildman–Crippen LogP) is 8.03. The number of nitrogens with zero attached hydrogens (tertiary/aromatic N) is 1. The monoisotopic (exact) mass is 710 g/mol. The summed E-state index contributed by atoms with van der Waals surface area (Å²) >= 11 is 0. The van der Waals surface area contributed by atoms with Gasteiger partial charge in [0, 0.05) is 41.0 Å². The van der Waals surface area contributed by atoms with Gasteiger partial charge in [-0.3, -0.25) is 30.6 Å². The normalized spacial score (nSPS) is 18.5. The van der Waals surface area contributed by atoms with E-state index in [4.69, 9.17) is 4.74 Å². The fourth-order valence-electron chi connectivity index (χ4n) is 8.73. The number of hydrogen-bond donors (Lipinski definition) is 6. The van der Waals surface area contributed by atoms with Crippen LogP contribution >= 0.6 is 0 Å². The quantitative estimate of drug-likeness (QED) is 0.0807. The largest absolute Gasteiger partial charge is 0.458 e. The van der Waals surface area contributed by atoms with Gasteiger partial charge in [0.15, 0.2) is 17.1 Å². The minimum Gasteiger partial charge on any atom is -0.455 e. The van der Waals surface area contributed by atoms with Crippen LogP contribution in [0.15, 0.2) is 133 Å². The van der Waals surface area contributed by atoms with Crippen molar-refractivity contribution in [2.24, 2.45) is 11.3 Å². The van der Waals surface area contributed by atoms with Crippen LogP contribution in [0.25, 0.3) is 44.5 Å². The van der Waals surface area contributed by atoms with E-state index in [1.807, 2.05) is 86.6 Å². The molecule has 1 aliphatic heterocycles. The molecule has 0 fully saturated rings. The molecule has 0 bridgehead atoms. The maximum absolute atomic E-state index is 11.6. The Hall–Kier alpha value is -4.90. The fourth-order valence-corrected chi connectivity index (χ4v) is 8.73. The van der Waals surface area contributed by atoms with Crippen molar-refractivity contribution in [2.75, 3.05) is 0 Å².